The molecule has 1 aliphatic rings. The lowest BCUT2D eigenvalue weighted by atomic mass is 10.1. The summed E-state index contributed by atoms with van der Waals surface area (Å²) in [5.74, 6) is -0.804. The lowest BCUT2D eigenvalue weighted by Crippen LogP contribution is -2.09. The van der Waals surface area contributed by atoms with Crippen LogP contribution >= 0.6 is 23.4 Å². The van der Waals surface area contributed by atoms with Crippen LogP contribution in [0.1, 0.15) is 35.1 Å². The molecule has 0 N–H and O–H groups in total. The maximum Gasteiger partial charge on any atom is 0.192 e. The molecule has 0 bridgehead atoms. The molecule has 0 unspecified atom stereocenters. The molecule has 0 aliphatic heterocycles. The summed E-state index contributed by atoms with van der Waals surface area (Å²) in [6.07, 6.45) is 1.97. The van der Waals surface area contributed by atoms with Crippen molar-refractivity contribution < 1.29 is 18.3 Å². The van der Waals surface area contributed by atoms with Gasteiger partial charge in [0.1, 0.15) is 24.0 Å². The number of Topliss-reactive ketones (excluding diaryl/α,β-unsaturated/α-hetero) is 1. The topological polar surface area (TPSA) is 57.0 Å². The van der Waals surface area contributed by atoms with Crippen LogP contribution in [0.5, 0.6) is 5.75 Å². The number of benzene rings is 2. The predicted octanol–water partition coefficient (Wildman–Crippen LogP) is 5.10. The van der Waals surface area contributed by atoms with Gasteiger partial charge in [0.2, 0.25) is 0 Å². The highest BCUT2D eigenvalue weighted by molar-refractivity contribution is 7.99. The van der Waals surface area contributed by atoms with E-state index < -0.39 is 17.4 Å². The van der Waals surface area contributed by atoms with Crippen molar-refractivity contribution in [3.63, 3.8) is 0 Å². The van der Waals surface area contributed by atoms with E-state index in [-0.39, 0.29) is 24.0 Å². The van der Waals surface area contributed by atoms with E-state index in [1.807, 2.05) is 16.7 Å². The van der Waals surface area contributed by atoms with Gasteiger partial charge in [0.05, 0.1) is 16.3 Å². The minimum absolute atomic E-state index is 0.0728. The van der Waals surface area contributed by atoms with Crippen LogP contribution < -0.4 is 4.74 Å². The number of halogens is 3. The molecule has 0 amide bonds. The molecule has 1 fully saturated rings. The van der Waals surface area contributed by atoms with Gasteiger partial charge in [-0.05, 0) is 43.2 Å². The van der Waals surface area contributed by atoms with Crippen molar-refractivity contribution in [3.05, 3.63) is 70.5 Å². The first-order valence-corrected chi connectivity index (χ1v) is 10.3. The second-order valence-electron chi connectivity index (χ2n) is 6.56. The van der Waals surface area contributed by atoms with Gasteiger partial charge in [-0.1, -0.05) is 35.5 Å². The standard InChI is InChI=1S/C20H16ClF2N3O2S/c21-15-3-1-2-4-18(15)28-10-19-24-25-20(26(19)13-6-7-13)29-11-17(27)14-9-12(22)5-8-16(14)23/h1-5,8-9,13H,6-7,10-11H2. The number of hydrogen-bond acceptors (Lipinski definition) is 5. The van der Waals surface area contributed by atoms with Crippen LogP contribution in [0, 0.1) is 11.6 Å². The van der Waals surface area contributed by atoms with E-state index in [1.54, 1.807) is 12.1 Å². The third-order valence-electron chi connectivity index (χ3n) is 4.40. The second-order valence-corrected chi connectivity index (χ2v) is 7.90. The summed E-state index contributed by atoms with van der Waals surface area (Å²) >= 11 is 7.26. The monoisotopic (exact) mass is 435 g/mol. The van der Waals surface area contributed by atoms with Crippen LogP contribution in [0.15, 0.2) is 47.6 Å². The average Bonchev–Trinajstić information content (AvgIpc) is 3.47. The molecule has 2 aromatic carbocycles. The van der Waals surface area contributed by atoms with Gasteiger partial charge < -0.3 is 4.74 Å². The van der Waals surface area contributed by atoms with Gasteiger partial charge in [0.25, 0.3) is 0 Å². The van der Waals surface area contributed by atoms with Gasteiger partial charge in [0, 0.05) is 6.04 Å². The van der Waals surface area contributed by atoms with Crippen molar-refractivity contribution >= 4 is 29.1 Å². The Labute approximate surface area is 175 Å². The second kappa shape index (κ2) is 8.51. The summed E-state index contributed by atoms with van der Waals surface area (Å²) in [4.78, 5) is 12.3. The fourth-order valence-corrected chi connectivity index (χ4v) is 3.92. The molecule has 0 saturated heterocycles. The Kier molecular flexibility index (Phi) is 5.82. The van der Waals surface area contributed by atoms with Gasteiger partial charge in [0.15, 0.2) is 16.8 Å². The fraction of sp³-hybridized carbons (Fsp3) is 0.250. The maximum atomic E-state index is 13.8. The number of ketones is 1. The summed E-state index contributed by atoms with van der Waals surface area (Å²) in [6, 6.07) is 10.2. The van der Waals surface area contributed by atoms with Crippen LogP contribution in [0.25, 0.3) is 0 Å². The summed E-state index contributed by atoms with van der Waals surface area (Å²) < 4.78 is 34.8. The highest BCUT2D eigenvalue weighted by Gasteiger charge is 2.30. The van der Waals surface area contributed by atoms with E-state index in [0.717, 1.165) is 42.8 Å². The normalized spacial score (nSPS) is 13.5. The van der Waals surface area contributed by atoms with Crippen molar-refractivity contribution in [2.75, 3.05) is 5.75 Å². The summed E-state index contributed by atoms with van der Waals surface area (Å²) in [5.41, 5.74) is -0.266. The third kappa shape index (κ3) is 4.59. The average molecular weight is 436 g/mol. The lowest BCUT2D eigenvalue weighted by Gasteiger charge is -2.10. The zero-order chi connectivity index (χ0) is 20.4. The first-order chi connectivity index (χ1) is 14.0. The van der Waals surface area contributed by atoms with Crippen LogP contribution in [-0.4, -0.2) is 26.3 Å². The van der Waals surface area contributed by atoms with E-state index in [2.05, 4.69) is 10.2 Å². The molecule has 5 nitrogen and oxygen atoms in total. The van der Waals surface area contributed by atoms with E-state index in [9.17, 15) is 13.6 Å². The molecule has 9 heteroatoms. The Morgan fingerprint density at radius 2 is 2.00 bits per heavy atom. The number of para-hydroxylation sites is 1. The first-order valence-electron chi connectivity index (χ1n) is 8.95. The Bertz CT molecular complexity index is 1060. The minimum atomic E-state index is -0.741. The third-order valence-corrected chi connectivity index (χ3v) is 5.66. The van der Waals surface area contributed by atoms with Crippen LogP contribution in [-0.2, 0) is 6.61 Å². The molecule has 0 spiro atoms. The van der Waals surface area contributed by atoms with Gasteiger partial charge in [-0.3, -0.25) is 9.36 Å². The van der Waals surface area contributed by atoms with Crippen molar-refractivity contribution in [1.82, 2.24) is 14.8 Å². The summed E-state index contributed by atoms with van der Waals surface area (Å²) in [6.45, 7) is 0.181. The lowest BCUT2D eigenvalue weighted by molar-refractivity contribution is 0.101. The number of carbonyl (C=O) groups excluding carboxylic acids is 1. The molecule has 1 aliphatic carbocycles. The van der Waals surface area contributed by atoms with Gasteiger partial charge in [-0.15, -0.1) is 10.2 Å². The van der Waals surface area contributed by atoms with Crippen LogP contribution in [0.4, 0.5) is 8.78 Å². The van der Waals surface area contributed by atoms with Crippen molar-refractivity contribution in [3.8, 4) is 5.75 Å². The Morgan fingerprint density at radius 1 is 1.21 bits per heavy atom. The molecule has 1 saturated carbocycles. The molecule has 4 rings (SSSR count). The Hall–Kier alpha value is -2.45. The number of rotatable bonds is 8. The zero-order valence-electron chi connectivity index (χ0n) is 15.1. The zero-order valence-corrected chi connectivity index (χ0v) is 16.7. The van der Waals surface area contributed by atoms with Gasteiger partial charge >= 0.3 is 0 Å². The maximum absolute atomic E-state index is 13.8. The largest absolute Gasteiger partial charge is 0.484 e. The molecule has 0 radical (unpaired) electrons. The van der Waals surface area contributed by atoms with Crippen molar-refractivity contribution in [1.29, 1.82) is 0 Å². The Morgan fingerprint density at radius 3 is 2.76 bits per heavy atom. The van der Waals surface area contributed by atoms with Gasteiger partial charge in [-0.2, -0.15) is 0 Å². The smallest absolute Gasteiger partial charge is 0.192 e. The highest BCUT2D eigenvalue weighted by atomic mass is 35.5. The molecule has 0 atom stereocenters. The van der Waals surface area contributed by atoms with Gasteiger partial charge in [-0.25, -0.2) is 8.78 Å². The quantitative estimate of drug-likeness (QED) is 0.364. The van der Waals surface area contributed by atoms with E-state index in [4.69, 9.17) is 16.3 Å². The highest BCUT2D eigenvalue weighted by Crippen LogP contribution is 2.39. The number of ether oxygens (including phenoxy) is 1. The molecular weight excluding hydrogens is 420 g/mol. The van der Waals surface area contributed by atoms with Crippen LogP contribution in [0.2, 0.25) is 5.02 Å². The minimum Gasteiger partial charge on any atom is -0.484 e. The number of nitrogens with zero attached hydrogens (tertiary/aromatic N) is 3. The Balaban J connectivity index is 1.46. The number of hydrogen-bond donors (Lipinski definition) is 0. The molecule has 1 aromatic heterocycles. The van der Waals surface area contributed by atoms with E-state index in [1.165, 1.54) is 0 Å². The molecule has 3 aromatic rings. The summed E-state index contributed by atoms with van der Waals surface area (Å²) in [5, 5.41) is 9.40. The van der Waals surface area contributed by atoms with Crippen molar-refractivity contribution in [2.45, 2.75) is 30.6 Å². The summed E-state index contributed by atoms with van der Waals surface area (Å²) in [7, 11) is 0. The molecule has 150 valence electrons. The first kappa shape index (κ1) is 19.8. The molecule has 1 heterocycles. The van der Waals surface area contributed by atoms with E-state index >= 15 is 0 Å². The van der Waals surface area contributed by atoms with Crippen LogP contribution in [0.3, 0.4) is 0 Å². The number of thioether (sulfide) groups is 1. The predicted molar refractivity (Wildman–Crippen MR) is 105 cm³/mol. The molecular formula is C20H16ClF2N3O2S. The number of aromatic nitrogens is 3. The molecule has 29 heavy (non-hydrogen) atoms. The SMILES string of the molecule is O=C(CSc1nnc(COc2ccccc2Cl)n1C1CC1)c1cc(F)ccc1F. The fourth-order valence-electron chi connectivity index (χ4n) is 2.83. The van der Waals surface area contributed by atoms with Crippen molar-refractivity contribution in [2.24, 2.45) is 0 Å². The number of carbonyl (C=O) groups is 1. The van der Waals surface area contributed by atoms with E-state index in [0.29, 0.717) is 21.8 Å².